The fourth-order valence-electron chi connectivity index (χ4n) is 3.08. The summed E-state index contributed by atoms with van der Waals surface area (Å²) < 4.78 is 6.46. The zero-order chi connectivity index (χ0) is 13.6. The third-order valence-electron chi connectivity index (χ3n) is 3.73. The molecule has 0 spiro atoms. The van der Waals surface area contributed by atoms with E-state index >= 15 is 0 Å². The normalized spacial score (nSPS) is 12.6. The van der Waals surface area contributed by atoms with E-state index in [9.17, 15) is 0 Å². The van der Waals surface area contributed by atoms with Gasteiger partial charge in [0.05, 0.1) is 0 Å². The Balaban J connectivity index is 4.65. The van der Waals surface area contributed by atoms with E-state index in [-0.39, 0.29) is 0 Å². The van der Waals surface area contributed by atoms with Gasteiger partial charge >= 0.3 is 0 Å². The molecule has 0 atom stereocenters. The van der Waals surface area contributed by atoms with Crippen molar-refractivity contribution in [1.82, 2.24) is 0 Å². The van der Waals surface area contributed by atoms with E-state index in [0.29, 0.717) is 16.6 Å². The van der Waals surface area contributed by atoms with Crippen molar-refractivity contribution in [3.8, 4) is 0 Å². The van der Waals surface area contributed by atoms with Crippen LogP contribution >= 0.6 is 0 Å². The third-order valence-corrected chi connectivity index (χ3v) is 9.85. The minimum Gasteiger partial charge on any atom is -0.416 e. The van der Waals surface area contributed by atoms with Crippen LogP contribution in [-0.2, 0) is 4.43 Å². The summed E-state index contributed by atoms with van der Waals surface area (Å²) in [6, 6.07) is 0. The van der Waals surface area contributed by atoms with Gasteiger partial charge in [-0.15, -0.1) is 0 Å². The molecule has 0 aliphatic rings. The van der Waals surface area contributed by atoms with Gasteiger partial charge < -0.3 is 4.43 Å². The fourth-order valence-corrected chi connectivity index (χ4v) is 8.55. The summed E-state index contributed by atoms with van der Waals surface area (Å²) in [6.45, 7) is 19.2. The number of hydrogen-bond donors (Lipinski definition) is 0. The van der Waals surface area contributed by atoms with Crippen LogP contribution in [0.25, 0.3) is 0 Å². The topological polar surface area (TPSA) is 9.23 Å². The minimum absolute atomic E-state index is 0.689. The van der Waals surface area contributed by atoms with E-state index in [2.05, 4.69) is 61.5 Å². The van der Waals surface area contributed by atoms with Gasteiger partial charge in [-0.25, -0.2) is 0 Å². The third kappa shape index (κ3) is 4.59. The molecule has 1 nitrogen and oxygen atoms in total. The molecule has 0 amide bonds. The highest BCUT2D eigenvalue weighted by molar-refractivity contribution is 6.77. The summed E-state index contributed by atoms with van der Waals surface area (Å²) in [5.41, 5.74) is 3.46. The standard InChI is InChI=1S/C15H32OSi/c1-12(2)10-9-11-16-17(13(3)4,14(5)6)15(7)8/h10,13-15H,9,11H2,1-8H3. The number of rotatable bonds is 7. The Morgan fingerprint density at radius 1 is 0.941 bits per heavy atom. The van der Waals surface area contributed by atoms with Crippen LogP contribution < -0.4 is 0 Å². The Labute approximate surface area is 110 Å². The highest BCUT2D eigenvalue weighted by Crippen LogP contribution is 2.42. The zero-order valence-corrected chi connectivity index (χ0v) is 14.1. The van der Waals surface area contributed by atoms with Crippen molar-refractivity contribution in [3.63, 3.8) is 0 Å². The molecule has 0 radical (unpaired) electrons. The molecule has 17 heavy (non-hydrogen) atoms. The van der Waals surface area contributed by atoms with Gasteiger partial charge in [-0.05, 0) is 36.9 Å². The quantitative estimate of drug-likeness (QED) is 0.330. The molecule has 0 bridgehead atoms. The maximum Gasteiger partial charge on any atom is 0.200 e. The molecule has 0 rings (SSSR count). The van der Waals surface area contributed by atoms with Gasteiger partial charge in [0.1, 0.15) is 0 Å². The molecular formula is C15H32OSi. The largest absolute Gasteiger partial charge is 0.416 e. The first kappa shape index (κ1) is 16.9. The van der Waals surface area contributed by atoms with Crippen LogP contribution in [0.3, 0.4) is 0 Å². The summed E-state index contributed by atoms with van der Waals surface area (Å²) in [6.07, 6.45) is 3.34. The summed E-state index contributed by atoms with van der Waals surface area (Å²) in [5.74, 6) is 0. The second-order valence-corrected chi connectivity index (χ2v) is 11.7. The maximum absolute atomic E-state index is 6.46. The van der Waals surface area contributed by atoms with Crippen molar-refractivity contribution >= 4 is 8.32 Å². The van der Waals surface area contributed by atoms with Crippen molar-refractivity contribution in [3.05, 3.63) is 11.6 Å². The van der Waals surface area contributed by atoms with E-state index in [1.807, 2.05) is 0 Å². The second-order valence-electron chi connectivity index (χ2n) is 6.24. The van der Waals surface area contributed by atoms with Crippen molar-refractivity contribution in [2.75, 3.05) is 6.61 Å². The molecule has 102 valence electrons. The predicted molar refractivity (Wildman–Crippen MR) is 81.0 cm³/mol. The average Bonchev–Trinajstić information content (AvgIpc) is 2.15. The zero-order valence-electron chi connectivity index (χ0n) is 13.1. The SMILES string of the molecule is CC(C)=CCCO[Si](C(C)C)(C(C)C)C(C)C. The molecule has 0 aromatic carbocycles. The van der Waals surface area contributed by atoms with Crippen LogP contribution in [0, 0.1) is 0 Å². The molecule has 0 fully saturated rings. The first-order valence-electron chi connectivity index (χ1n) is 7.02. The van der Waals surface area contributed by atoms with Crippen LogP contribution in [0.5, 0.6) is 0 Å². The van der Waals surface area contributed by atoms with Crippen LogP contribution in [0.15, 0.2) is 11.6 Å². The monoisotopic (exact) mass is 256 g/mol. The first-order valence-corrected chi connectivity index (χ1v) is 9.16. The number of hydrogen-bond acceptors (Lipinski definition) is 1. The fraction of sp³-hybridized carbons (Fsp3) is 0.867. The smallest absolute Gasteiger partial charge is 0.200 e. The highest BCUT2D eigenvalue weighted by Gasteiger charge is 2.44. The molecule has 0 aromatic rings. The lowest BCUT2D eigenvalue weighted by Crippen LogP contribution is -2.47. The van der Waals surface area contributed by atoms with E-state index in [1.54, 1.807) is 0 Å². The van der Waals surface area contributed by atoms with Gasteiger partial charge in [-0.2, -0.15) is 0 Å². The van der Waals surface area contributed by atoms with Gasteiger partial charge in [-0.1, -0.05) is 53.2 Å². The van der Waals surface area contributed by atoms with E-state index in [1.165, 1.54) is 5.57 Å². The second kappa shape index (κ2) is 7.37. The molecule has 0 aliphatic carbocycles. The lowest BCUT2D eigenvalue weighted by Gasteiger charge is -2.42. The van der Waals surface area contributed by atoms with E-state index in [4.69, 9.17) is 4.43 Å². The van der Waals surface area contributed by atoms with Crippen LogP contribution in [0.2, 0.25) is 16.6 Å². The Hall–Kier alpha value is -0.0831. The minimum atomic E-state index is -1.63. The predicted octanol–water partition coefficient (Wildman–Crippen LogP) is 5.53. The summed E-state index contributed by atoms with van der Waals surface area (Å²) in [4.78, 5) is 0. The summed E-state index contributed by atoms with van der Waals surface area (Å²) >= 11 is 0. The lowest BCUT2D eigenvalue weighted by atomic mass is 10.3. The molecule has 0 unspecified atom stereocenters. The lowest BCUT2D eigenvalue weighted by molar-refractivity contribution is 0.283. The highest BCUT2D eigenvalue weighted by atomic mass is 28.4. The van der Waals surface area contributed by atoms with Gasteiger partial charge in [0.25, 0.3) is 0 Å². The van der Waals surface area contributed by atoms with Gasteiger partial charge in [0.2, 0.25) is 0 Å². The van der Waals surface area contributed by atoms with Crippen LogP contribution in [0.4, 0.5) is 0 Å². The Morgan fingerprint density at radius 3 is 1.65 bits per heavy atom. The molecule has 0 saturated carbocycles. The van der Waals surface area contributed by atoms with Gasteiger partial charge in [0.15, 0.2) is 8.32 Å². The van der Waals surface area contributed by atoms with E-state index < -0.39 is 8.32 Å². The van der Waals surface area contributed by atoms with Crippen LogP contribution in [-0.4, -0.2) is 14.9 Å². The molecular weight excluding hydrogens is 224 g/mol. The van der Waals surface area contributed by atoms with Crippen molar-refractivity contribution in [2.24, 2.45) is 0 Å². The molecule has 0 aromatic heterocycles. The summed E-state index contributed by atoms with van der Waals surface area (Å²) in [5, 5.41) is 0. The first-order chi connectivity index (χ1) is 7.75. The number of allylic oxidation sites excluding steroid dienone is 1. The molecule has 0 aliphatic heterocycles. The Bertz CT molecular complexity index is 216. The van der Waals surface area contributed by atoms with Gasteiger partial charge in [-0.3, -0.25) is 0 Å². The van der Waals surface area contributed by atoms with Crippen molar-refractivity contribution in [1.29, 1.82) is 0 Å². The Morgan fingerprint density at radius 2 is 1.35 bits per heavy atom. The average molecular weight is 257 g/mol. The summed E-state index contributed by atoms with van der Waals surface area (Å²) in [7, 11) is -1.63. The van der Waals surface area contributed by atoms with Gasteiger partial charge in [0, 0.05) is 6.61 Å². The maximum atomic E-state index is 6.46. The molecule has 0 N–H and O–H groups in total. The van der Waals surface area contributed by atoms with Crippen LogP contribution in [0.1, 0.15) is 61.8 Å². The molecule has 2 heteroatoms. The van der Waals surface area contributed by atoms with E-state index in [0.717, 1.165) is 13.0 Å². The van der Waals surface area contributed by atoms with Crippen molar-refractivity contribution in [2.45, 2.75) is 78.4 Å². The Kier molecular flexibility index (Phi) is 7.34. The van der Waals surface area contributed by atoms with Crippen molar-refractivity contribution < 1.29 is 4.43 Å². The molecule has 0 saturated heterocycles. The molecule has 0 heterocycles.